The zero-order chi connectivity index (χ0) is 15.7. The van der Waals surface area contributed by atoms with E-state index in [9.17, 15) is 14.3 Å². The third kappa shape index (κ3) is 2.91. The summed E-state index contributed by atoms with van der Waals surface area (Å²) in [6, 6.07) is 2.87. The van der Waals surface area contributed by atoms with Crippen molar-refractivity contribution in [1.82, 2.24) is 4.98 Å². The maximum atomic E-state index is 13.7. The van der Waals surface area contributed by atoms with E-state index >= 15 is 0 Å². The molecule has 0 saturated carbocycles. The molecule has 0 amide bonds. The lowest BCUT2D eigenvalue weighted by Gasteiger charge is -2.25. The molecule has 0 spiro atoms. The number of hydrogen-bond donors (Lipinski definition) is 2. The van der Waals surface area contributed by atoms with Gasteiger partial charge in [-0.1, -0.05) is 0 Å². The van der Waals surface area contributed by atoms with Gasteiger partial charge < -0.3 is 15.2 Å². The van der Waals surface area contributed by atoms with E-state index in [0.717, 1.165) is 19.4 Å². The largest absolute Gasteiger partial charge is 0.478 e. The highest BCUT2D eigenvalue weighted by atomic mass is 79.9. The molecule has 2 N–H and O–H groups in total. The Labute approximate surface area is 134 Å². The molecule has 0 aliphatic carbocycles. The number of aromatic nitrogens is 1. The van der Waals surface area contributed by atoms with Gasteiger partial charge >= 0.3 is 5.97 Å². The van der Waals surface area contributed by atoms with Gasteiger partial charge in [-0.05, 0) is 34.8 Å². The summed E-state index contributed by atoms with van der Waals surface area (Å²) < 4.78 is 19.3. The fourth-order valence-electron chi connectivity index (χ4n) is 2.56. The Balaban J connectivity index is 2.11. The van der Waals surface area contributed by atoms with Gasteiger partial charge in [0.15, 0.2) is 0 Å². The number of rotatable bonds is 3. The van der Waals surface area contributed by atoms with Crippen molar-refractivity contribution >= 4 is 38.5 Å². The molecule has 2 aromatic rings. The second-order valence-corrected chi connectivity index (χ2v) is 6.05. The van der Waals surface area contributed by atoms with Gasteiger partial charge in [0.25, 0.3) is 0 Å². The van der Waals surface area contributed by atoms with Crippen molar-refractivity contribution in [3.05, 3.63) is 34.2 Å². The molecule has 1 aromatic heterocycles. The third-order valence-electron chi connectivity index (χ3n) is 3.65. The number of carbonyl (C=O) groups is 1. The quantitative estimate of drug-likeness (QED) is 0.868. The van der Waals surface area contributed by atoms with Crippen molar-refractivity contribution in [1.29, 1.82) is 0 Å². The van der Waals surface area contributed by atoms with Crippen molar-refractivity contribution in [2.75, 3.05) is 18.5 Å². The van der Waals surface area contributed by atoms with Gasteiger partial charge in [-0.25, -0.2) is 9.18 Å². The number of ether oxygens (including phenoxy) is 1. The lowest BCUT2D eigenvalue weighted by molar-refractivity contribution is 0.0696. The van der Waals surface area contributed by atoms with Crippen LogP contribution < -0.4 is 5.32 Å². The van der Waals surface area contributed by atoms with Crippen LogP contribution in [0.5, 0.6) is 0 Å². The van der Waals surface area contributed by atoms with Gasteiger partial charge in [-0.3, -0.25) is 4.98 Å². The third-order valence-corrected chi connectivity index (χ3v) is 4.26. The Morgan fingerprint density at radius 1 is 1.50 bits per heavy atom. The molecule has 0 radical (unpaired) electrons. The number of fused-ring (bicyclic) bond motifs is 1. The summed E-state index contributed by atoms with van der Waals surface area (Å²) in [5.41, 5.74) is 0.926. The monoisotopic (exact) mass is 368 g/mol. The van der Waals surface area contributed by atoms with Gasteiger partial charge in [0.1, 0.15) is 11.4 Å². The summed E-state index contributed by atoms with van der Waals surface area (Å²) in [7, 11) is 0. The van der Waals surface area contributed by atoms with Crippen LogP contribution in [0, 0.1) is 5.82 Å². The number of aromatic carboxylic acids is 1. The molecule has 0 unspecified atom stereocenters. The maximum absolute atomic E-state index is 13.7. The predicted octanol–water partition coefficient (Wildman–Crippen LogP) is 3.43. The minimum atomic E-state index is -1.07. The minimum absolute atomic E-state index is 0.0290. The highest BCUT2D eigenvalue weighted by Gasteiger charge is 2.20. The molecule has 0 bridgehead atoms. The number of anilines is 1. The second-order valence-electron chi connectivity index (χ2n) is 5.19. The number of nitrogens with zero attached hydrogens (tertiary/aromatic N) is 1. The van der Waals surface area contributed by atoms with Crippen LogP contribution in [0.2, 0.25) is 0 Å². The van der Waals surface area contributed by atoms with Crippen LogP contribution in [0.15, 0.2) is 22.8 Å². The van der Waals surface area contributed by atoms with Crippen LogP contribution in [-0.2, 0) is 4.74 Å². The molecule has 1 aromatic carbocycles. The Hall–Kier alpha value is -1.73. The molecule has 3 rings (SSSR count). The Morgan fingerprint density at radius 2 is 2.32 bits per heavy atom. The second kappa shape index (κ2) is 6.18. The molecular formula is C15H14BrFN2O3. The first-order chi connectivity index (χ1) is 10.6. The van der Waals surface area contributed by atoms with Gasteiger partial charge in [-0.15, -0.1) is 0 Å². The van der Waals surface area contributed by atoms with Crippen molar-refractivity contribution in [3.8, 4) is 0 Å². The van der Waals surface area contributed by atoms with Crippen molar-refractivity contribution in [2.24, 2.45) is 0 Å². The van der Waals surface area contributed by atoms with Gasteiger partial charge in [0.2, 0.25) is 0 Å². The molecule has 7 heteroatoms. The number of halogens is 2. The molecule has 5 nitrogen and oxygen atoms in total. The van der Waals surface area contributed by atoms with Gasteiger partial charge in [0, 0.05) is 30.3 Å². The number of carboxylic acids is 1. The number of carboxylic acid groups (broad SMARTS) is 1. The van der Waals surface area contributed by atoms with E-state index in [2.05, 4.69) is 26.2 Å². The van der Waals surface area contributed by atoms with Crippen LogP contribution >= 0.6 is 15.9 Å². The van der Waals surface area contributed by atoms with Crippen molar-refractivity contribution < 1.29 is 19.0 Å². The van der Waals surface area contributed by atoms with Crippen molar-refractivity contribution in [3.63, 3.8) is 0 Å². The topological polar surface area (TPSA) is 71.5 Å². The molecule has 1 fully saturated rings. The zero-order valence-corrected chi connectivity index (χ0v) is 13.2. The van der Waals surface area contributed by atoms with Crippen LogP contribution in [0.1, 0.15) is 23.2 Å². The Morgan fingerprint density at radius 3 is 3.00 bits per heavy atom. The molecule has 1 saturated heterocycles. The number of pyridine rings is 1. The van der Waals surface area contributed by atoms with Crippen molar-refractivity contribution in [2.45, 2.75) is 18.9 Å². The molecule has 1 atom stereocenters. The summed E-state index contributed by atoms with van der Waals surface area (Å²) in [6.07, 6.45) is 3.07. The first-order valence-electron chi connectivity index (χ1n) is 6.91. The van der Waals surface area contributed by atoms with Crippen LogP contribution in [0.25, 0.3) is 10.9 Å². The normalized spacial score (nSPS) is 18.4. The zero-order valence-electron chi connectivity index (χ0n) is 11.6. The van der Waals surface area contributed by atoms with E-state index in [-0.39, 0.29) is 16.1 Å². The number of benzene rings is 1. The molecular weight excluding hydrogens is 355 g/mol. The lowest BCUT2D eigenvalue weighted by Crippen LogP contribution is -2.30. The van der Waals surface area contributed by atoms with E-state index in [0.29, 0.717) is 23.2 Å². The van der Waals surface area contributed by atoms with E-state index in [1.54, 1.807) is 6.07 Å². The average molecular weight is 369 g/mol. The maximum Gasteiger partial charge on any atom is 0.339 e. The van der Waals surface area contributed by atoms with Gasteiger partial charge in [0.05, 0.1) is 22.3 Å². The lowest BCUT2D eigenvalue weighted by atomic mass is 10.1. The van der Waals surface area contributed by atoms with Crippen LogP contribution in [0.3, 0.4) is 0 Å². The van der Waals surface area contributed by atoms with Crippen LogP contribution in [0.4, 0.5) is 10.1 Å². The average Bonchev–Trinajstić information content (AvgIpc) is 2.50. The standard InChI is InChI=1S/C15H14BrFN2O3/c16-11-4-9-13(5-12(11)17)18-6-10(15(20)21)14(9)19-8-2-1-3-22-7-8/h4-6,8H,1-3,7H2,(H,18,19)(H,20,21)/t8-/m1/s1. The molecule has 1 aliphatic rings. The van der Waals surface area contributed by atoms with E-state index in [1.165, 1.54) is 12.3 Å². The first kappa shape index (κ1) is 15.2. The number of nitrogens with one attached hydrogen (secondary N) is 1. The summed E-state index contributed by atoms with van der Waals surface area (Å²) in [5.74, 6) is -1.51. The van der Waals surface area contributed by atoms with E-state index in [1.807, 2.05) is 0 Å². The summed E-state index contributed by atoms with van der Waals surface area (Å²) >= 11 is 3.13. The smallest absolute Gasteiger partial charge is 0.339 e. The Bertz CT molecular complexity index is 732. The Kier molecular flexibility index (Phi) is 4.26. The summed E-state index contributed by atoms with van der Waals surface area (Å²) in [4.78, 5) is 15.5. The molecule has 116 valence electrons. The van der Waals surface area contributed by atoms with E-state index < -0.39 is 11.8 Å². The highest BCUT2D eigenvalue weighted by molar-refractivity contribution is 9.10. The molecule has 2 heterocycles. The highest BCUT2D eigenvalue weighted by Crippen LogP contribution is 2.31. The predicted molar refractivity (Wildman–Crippen MR) is 83.8 cm³/mol. The van der Waals surface area contributed by atoms with E-state index in [4.69, 9.17) is 4.74 Å². The first-order valence-corrected chi connectivity index (χ1v) is 7.71. The summed E-state index contributed by atoms with van der Waals surface area (Å²) in [5, 5.41) is 13.2. The van der Waals surface area contributed by atoms with Gasteiger partial charge in [-0.2, -0.15) is 0 Å². The summed E-state index contributed by atoms with van der Waals surface area (Å²) in [6.45, 7) is 1.24. The minimum Gasteiger partial charge on any atom is -0.478 e. The number of hydrogen-bond acceptors (Lipinski definition) is 4. The molecule has 22 heavy (non-hydrogen) atoms. The SMILES string of the molecule is O=C(O)c1cnc2cc(F)c(Br)cc2c1N[C@@H]1CCCOC1. The molecule has 1 aliphatic heterocycles. The van der Waals surface area contributed by atoms with Crippen LogP contribution in [-0.4, -0.2) is 35.3 Å². The fourth-order valence-corrected chi connectivity index (χ4v) is 2.91. The fraction of sp³-hybridized carbons (Fsp3) is 0.333.